The SMILES string of the molecule is COCCOc1nc(-c2ccc(Cl)c(Cl)c2)n(-c2ccc([N+](=O)[O-])cc2)n1. The molecule has 0 amide bonds. The third kappa shape index (κ3) is 4.36. The van der Waals surface area contributed by atoms with Gasteiger partial charge < -0.3 is 9.47 Å². The van der Waals surface area contributed by atoms with Crippen molar-refractivity contribution in [1.82, 2.24) is 14.8 Å². The molecule has 3 aromatic rings. The molecule has 0 aliphatic rings. The molecule has 0 aliphatic carbocycles. The van der Waals surface area contributed by atoms with Gasteiger partial charge in [0.05, 0.1) is 27.3 Å². The molecule has 10 heteroatoms. The quantitative estimate of drug-likeness (QED) is 0.330. The predicted molar refractivity (Wildman–Crippen MR) is 101 cm³/mol. The van der Waals surface area contributed by atoms with Crippen LogP contribution in [-0.4, -0.2) is 40.0 Å². The molecule has 1 aromatic heterocycles. The van der Waals surface area contributed by atoms with Crippen molar-refractivity contribution in [3.05, 3.63) is 62.6 Å². The highest BCUT2D eigenvalue weighted by Gasteiger charge is 2.17. The molecule has 0 bridgehead atoms. The number of nitro benzene ring substituents is 1. The Morgan fingerprint density at radius 2 is 1.85 bits per heavy atom. The van der Waals surface area contributed by atoms with E-state index in [0.717, 1.165) is 0 Å². The maximum absolute atomic E-state index is 10.9. The van der Waals surface area contributed by atoms with Crippen LogP contribution in [-0.2, 0) is 4.74 Å². The van der Waals surface area contributed by atoms with Gasteiger partial charge in [0.15, 0.2) is 5.82 Å². The molecule has 0 saturated carbocycles. The van der Waals surface area contributed by atoms with E-state index in [2.05, 4.69) is 10.1 Å². The van der Waals surface area contributed by atoms with Crippen LogP contribution in [0.25, 0.3) is 17.1 Å². The van der Waals surface area contributed by atoms with Gasteiger partial charge in [0.1, 0.15) is 6.61 Å². The first-order chi connectivity index (χ1) is 13.0. The summed E-state index contributed by atoms with van der Waals surface area (Å²) in [4.78, 5) is 14.8. The molecule has 8 nitrogen and oxygen atoms in total. The molecular weight excluding hydrogens is 395 g/mol. The van der Waals surface area contributed by atoms with Crippen molar-refractivity contribution in [3.8, 4) is 23.1 Å². The summed E-state index contributed by atoms with van der Waals surface area (Å²) < 4.78 is 12.0. The molecule has 1 heterocycles. The lowest BCUT2D eigenvalue weighted by atomic mass is 10.2. The van der Waals surface area contributed by atoms with Gasteiger partial charge in [0.25, 0.3) is 5.69 Å². The lowest BCUT2D eigenvalue weighted by Gasteiger charge is -2.06. The molecular formula is C17H14Cl2N4O4. The minimum absolute atomic E-state index is 0.0217. The Morgan fingerprint density at radius 1 is 1.11 bits per heavy atom. The van der Waals surface area contributed by atoms with E-state index in [1.54, 1.807) is 37.4 Å². The fraction of sp³-hybridized carbons (Fsp3) is 0.176. The van der Waals surface area contributed by atoms with Crippen LogP contribution >= 0.6 is 23.2 Å². The van der Waals surface area contributed by atoms with Crippen molar-refractivity contribution in [2.24, 2.45) is 0 Å². The minimum Gasteiger partial charge on any atom is -0.460 e. The third-order valence-corrected chi connectivity index (χ3v) is 4.33. The number of methoxy groups -OCH3 is 1. The summed E-state index contributed by atoms with van der Waals surface area (Å²) in [6, 6.07) is 11.1. The van der Waals surface area contributed by atoms with Gasteiger partial charge >= 0.3 is 6.01 Å². The number of nitro groups is 1. The maximum Gasteiger partial charge on any atom is 0.336 e. The monoisotopic (exact) mass is 408 g/mol. The van der Waals surface area contributed by atoms with E-state index in [0.29, 0.717) is 33.7 Å². The first kappa shape index (κ1) is 19.1. The Bertz CT molecular complexity index is 960. The van der Waals surface area contributed by atoms with E-state index in [1.165, 1.54) is 16.8 Å². The molecule has 0 unspecified atom stereocenters. The Morgan fingerprint density at radius 3 is 2.48 bits per heavy atom. The second kappa shape index (κ2) is 8.34. The molecule has 0 N–H and O–H groups in total. The summed E-state index contributed by atoms with van der Waals surface area (Å²) in [5, 5.41) is 16.0. The molecule has 2 aromatic carbocycles. The van der Waals surface area contributed by atoms with Crippen LogP contribution < -0.4 is 4.74 Å². The normalized spacial score (nSPS) is 10.8. The third-order valence-electron chi connectivity index (χ3n) is 3.59. The van der Waals surface area contributed by atoms with Crippen LogP contribution in [0.2, 0.25) is 10.0 Å². The molecule has 0 spiro atoms. The molecule has 3 rings (SSSR count). The highest BCUT2D eigenvalue weighted by molar-refractivity contribution is 6.42. The zero-order valence-corrected chi connectivity index (χ0v) is 15.6. The zero-order chi connectivity index (χ0) is 19.4. The lowest BCUT2D eigenvalue weighted by molar-refractivity contribution is -0.384. The van der Waals surface area contributed by atoms with Crippen molar-refractivity contribution in [3.63, 3.8) is 0 Å². The molecule has 0 aliphatic heterocycles. The number of rotatable bonds is 7. The number of aromatic nitrogens is 3. The molecule has 140 valence electrons. The Hall–Kier alpha value is -2.68. The summed E-state index contributed by atoms with van der Waals surface area (Å²) in [6.45, 7) is 0.662. The average Bonchev–Trinajstić information content (AvgIpc) is 3.08. The zero-order valence-electron chi connectivity index (χ0n) is 14.1. The fourth-order valence-corrected chi connectivity index (χ4v) is 2.59. The summed E-state index contributed by atoms with van der Waals surface area (Å²) in [6.07, 6.45) is 0. The van der Waals surface area contributed by atoms with E-state index in [-0.39, 0.29) is 18.3 Å². The molecule has 0 fully saturated rings. The maximum atomic E-state index is 10.9. The van der Waals surface area contributed by atoms with Crippen molar-refractivity contribution in [1.29, 1.82) is 0 Å². The number of halogens is 2. The number of hydrogen-bond donors (Lipinski definition) is 0. The number of ether oxygens (including phenoxy) is 2. The first-order valence-electron chi connectivity index (χ1n) is 7.78. The molecule has 0 saturated heterocycles. The van der Waals surface area contributed by atoms with Gasteiger partial charge in [-0.3, -0.25) is 10.1 Å². The van der Waals surface area contributed by atoms with Crippen LogP contribution in [0.3, 0.4) is 0 Å². The average molecular weight is 409 g/mol. The lowest BCUT2D eigenvalue weighted by Crippen LogP contribution is -2.05. The van der Waals surface area contributed by atoms with Gasteiger partial charge in [0, 0.05) is 24.8 Å². The van der Waals surface area contributed by atoms with E-state index in [4.69, 9.17) is 32.7 Å². The van der Waals surface area contributed by atoms with E-state index < -0.39 is 4.92 Å². The second-order valence-electron chi connectivity index (χ2n) is 5.37. The minimum atomic E-state index is -0.468. The largest absolute Gasteiger partial charge is 0.460 e. The van der Waals surface area contributed by atoms with Gasteiger partial charge in [-0.1, -0.05) is 23.2 Å². The van der Waals surface area contributed by atoms with Crippen molar-refractivity contribution >= 4 is 28.9 Å². The summed E-state index contributed by atoms with van der Waals surface area (Å²) in [5.74, 6) is 0.454. The smallest absolute Gasteiger partial charge is 0.336 e. The second-order valence-corrected chi connectivity index (χ2v) is 6.19. The van der Waals surface area contributed by atoms with Gasteiger partial charge in [-0.15, -0.1) is 5.10 Å². The van der Waals surface area contributed by atoms with Gasteiger partial charge in [-0.25, -0.2) is 4.68 Å². The molecule has 0 radical (unpaired) electrons. The number of hydrogen-bond acceptors (Lipinski definition) is 6. The van der Waals surface area contributed by atoms with Crippen LogP contribution in [0.4, 0.5) is 5.69 Å². The van der Waals surface area contributed by atoms with Gasteiger partial charge in [-0.2, -0.15) is 4.98 Å². The van der Waals surface area contributed by atoms with Crippen molar-refractivity contribution < 1.29 is 14.4 Å². The molecule has 27 heavy (non-hydrogen) atoms. The molecule has 0 atom stereocenters. The van der Waals surface area contributed by atoms with Crippen molar-refractivity contribution in [2.45, 2.75) is 0 Å². The van der Waals surface area contributed by atoms with E-state index in [1.807, 2.05) is 0 Å². The summed E-state index contributed by atoms with van der Waals surface area (Å²) in [7, 11) is 1.56. The van der Waals surface area contributed by atoms with Gasteiger partial charge in [0.2, 0.25) is 0 Å². The first-order valence-corrected chi connectivity index (χ1v) is 8.54. The van der Waals surface area contributed by atoms with Crippen LogP contribution in [0.15, 0.2) is 42.5 Å². The standard InChI is InChI=1S/C17H14Cl2N4O4/c1-26-8-9-27-17-20-16(11-2-7-14(18)15(19)10-11)22(21-17)12-3-5-13(6-4-12)23(24)25/h2-7,10H,8-9H2,1H3. The predicted octanol–water partition coefficient (Wildman–Crippen LogP) is 4.17. The summed E-state index contributed by atoms with van der Waals surface area (Å²) in [5.41, 5.74) is 1.22. The summed E-state index contributed by atoms with van der Waals surface area (Å²) >= 11 is 12.1. The van der Waals surface area contributed by atoms with Gasteiger partial charge in [-0.05, 0) is 30.3 Å². The Kier molecular flexibility index (Phi) is 5.90. The van der Waals surface area contributed by atoms with E-state index in [9.17, 15) is 10.1 Å². The highest BCUT2D eigenvalue weighted by atomic mass is 35.5. The van der Waals surface area contributed by atoms with Crippen LogP contribution in [0.5, 0.6) is 6.01 Å². The topological polar surface area (TPSA) is 92.3 Å². The van der Waals surface area contributed by atoms with Crippen LogP contribution in [0, 0.1) is 10.1 Å². The van der Waals surface area contributed by atoms with Crippen LogP contribution in [0.1, 0.15) is 0 Å². The van der Waals surface area contributed by atoms with E-state index >= 15 is 0 Å². The number of nitrogens with zero attached hydrogens (tertiary/aromatic N) is 4. The highest BCUT2D eigenvalue weighted by Crippen LogP contribution is 2.30. The number of benzene rings is 2. The van der Waals surface area contributed by atoms with Crippen molar-refractivity contribution in [2.75, 3.05) is 20.3 Å². The number of non-ortho nitro benzene ring substituents is 1. The Balaban J connectivity index is 2.04. The fourth-order valence-electron chi connectivity index (χ4n) is 2.29. The Labute approximate surface area is 164 Å².